The molecule has 1 aliphatic heterocycles. The second kappa shape index (κ2) is 6.93. The minimum atomic E-state index is -3.95. The summed E-state index contributed by atoms with van der Waals surface area (Å²) < 4.78 is 53.9. The number of pyridine rings is 2. The van der Waals surface area contributed by atoms with Crippen molar-refractivity contribution in [3.8, 4) is 11.3 Å². The summed E-state index contributed by atoms with van der Waals surface area (Å²) in [5.41, 5.74) is 3.00. The van der Waals surface area contributed by atoms with Gasteiger partial charge in [0.1, 0.15) is 11.4 Å². The highest BCUT2D eigenvalue weighted by atomic mass is 32.2. The van der Waals surface area contributed by atoms with Crippen molar-refractivity contribution >= 4 is 15.7 Å². The van der Waals surface area contributed by atoms with Crippen LogP contribution >= 0.6 is 0 Å². The van der Waals surface area contributed by atoms with E-state index >= 15 is 0 Å². The molecule has 3 aromatic rings. The predicted molar refractivity (Wildman–Crippen MR) is 98.7 cm³/mol. The molecular formula is C18H17F2N5O2S. The van der Waals surface area contributed by atoms with E-state index in [2.05, 4.69) is 15.1 Å². The summed E-state index contributed by atoms with van der Waals surface area (Å²) in [6.45, 7) is 1.08. The summed E-state index contributed by atoms with van der Waals surface area (Å²) >= 11 is 0. The van der Waals surface area contributed by atoms with E-state index < -0.39 is 23.0 Å². The number of anilines is 1. The van der Waals surface area contributed by atoms with Gasteiger partial charge in [-0.05, 0) is 31.0 Å². The predicted octanol–water partition coefficient (Wildman–Crippen LogP) is 2.67. The van der Waals surface area contributed by atoms with E-state index in [1.54, 1.807) is 18.5 Å². The number of rotatable bonds is 5. The van der Waals surface area contributed by atoms with Gasteiger partial charge in [0.25, 0.3) is 16.4 Å². The zero-order chi connectivity index (χ0) is 19.9. The van der Waals surface area contributed by atoms with Gasteiger partial charge in [0.05, 0.1) is 23.3 Å². The van der Waals surface area contributed by atoms with Gasteiger partial charge in [-0.25, -0.2) is 17.2 Å². The number of aromatic nitrogens is 4. The maximum absolute atomic E-state index is 13.2. The zero-order valence-corrected chi connectivity index (χ0v) is 15.8. The third-order valence-electron chi connectivity index (χ3n) is 4.60. The molecule has 0 aromatic carbocycles. The lowest BCUT2D eigenvalue weighted by atomic mass is 10.0. The Morgan fingerprint density at radius 2 is 2.07 bits per heavy atom. The molecule has 0 saturated carbocycles. The standard InChI is InChI=1S/C18H17F2N5O2S/c1-12-17(10-24(23-12)11-18(19)20)28(26,27)25-7-5-13-14(8-21-9-16(13)25)15-4-2-3-6-22-15/h2-4,6,8-10,18H,5,7,11H2,1H3. The highest BCUT2D eigenvalue weighted by Gasteiger charge is 2.35. The van der Waals surface area contributed by atoms with Gasteiger partial charge < -0.3 is 0 Å². The quantitative estimate of drug-likeness (QED) is 0.652. The molecule has 28 heavy (non-hydrogen) atoms. The van der Waals surface area contributed by atoms with Gasteiger partial charge >= 0.3 is 0 Å². The van der Waals surface area contributed by atoms with Gasteiger partial charge in [-0.15, -0.1) is 0 Å². The van der Waals surface area contributed by atoms with E-state index in [4.69, 9.17) is 0 Å². The summed E-state index contributed by atoms with van der Waals surface area (Å²) in [6, 6.07) is 5.50. The molecule has 0 radical (unpaired) electrons. The highest BCUT2D eigenvalue weighted by molar-refractivity contribution is 7.92. The number of sulfonamides is 1. The Kier molecular flexibility index (Phi) is 4.58. The number of halogens is 2. The van der Waals surface area contributed by atoms with E-state index in [9.17, 15) is 17.2 Å². The van der Waals surface area contributed by atoms with Crippen LogP contribution in [0.4, 0.5) is 14.5 Å². The van der Waals surface area contributed by atoms with Crippen LogP contribution in [0.2, 0.25) is 0 Å². The maximum Gasteiger partial charge on any atom is 0.267 e. The number of hydrogen-bond donors (Lipinski definition) is 0. The minimum absolute atomic E-state index is 0.0794. The lowest BCUT2D eigenvalue weighted by Crippen LogP contribution is -2.29. The summed E-state index contributed by atoms with van der Waals surface area (Å²) in [6.07, 6.45) is 3.89. The number of nitrogens with zero attached hydrogens (tertiary/aromatic N) is 5. The highest BCUT2D eigenvalue weighted by Crippen LogP contribution is 2.37. The van der Waals surface area contributed by atoms with E-state index in [-0.39, 0.29) is 17.1 Å². The Balaban J connectivity index is 1.75. The van der Waals surface area contributed by atoms with Crippen LogP contribution in [-0.2, 0) is 23.0 Å². The molecule has 146 valence electrons. The van der Waals surface area contributed by atoms with E-state index in [0.29, 0.717) is 17.8 Å². The maximum atomic E-state index is 13.2. The molecule has 10 heteroatoms. The van der Waals surface area contributed by atoms with Crippen LogP contribution < -0.4 is 4.31 Å². The van der Waals surface area contributed by atoms with Crippen LogP contribution in [0, 0.1) is 6.92 Å². The molecule has 0 N–H and O–H groups in total. The molecule has 4 rings (SSSR count). The molecule has 0 atom stereocenters. The number of alkyl halides is 2. The van der Waals surface area contributed by atoms with E-state index in [1.807, 2.05) is 12.1 Å². The van der Waals surface area contributed by atoms with Gasteiger partial charge in [0, 0.05) is 30.7 Å². The molecule has 4 heterocycles. The molecule has 1 aliphatic rings. The fourth-order valence-corrected chi connectivity index (χ4v) is 5.04. The second-order valence-electron chi connectivity index (χ2n) is 6.42. The van der Waals surface area contributed by atoms with Crippen molar-refractivity contribution in [2.45, 2.75) is 31.2 Å². The molecule has 3 aromatic heterocycles. The first kappa shape index (κ1) is 18.5. The molecule has 0 bridgehead atoms. The first-order valence-electron chi connectivity index (χ1n) is 8.61. The van der Waals surface area contributed by atoms with Crippen molar-refractivity contribution in [2.24, 2.45) is 0 Å². The third-order valence-corrected chi connectivity index (χ3v) is 6.52. The Bertz CT molecular complexity index is 1120. The summed E-state index contributed by atoms with van der Waals surface area (Å²) in [7, 11) is -3.95. The first-order chi connectivity index (χ1) is 13.4. The van der Waals surface area contributed by atoms with Gasteiger partial charge in [-0.2, -0.15) is 5.10 Å². The summed E-state index contributed by atoms with van der Waals surface area (Å²) in [5.74, 6) is 0. The Labute approximate surface area is 160 Å². The number of aryl methyl sites for hydroxylation is 1. The van der Waals surface area contributed by atoms with E-state index in [1.165, 1.54) is 17.4 Å². The Hall–Kier alpha value is -2.88. The smallest absolute Gasteiger partial charge is 0.265 e. The van der Waals surface area contributed by atoms with Crippen molar-refractivity contribution in [3.63, 3.8) is 0 Å². The van der Waals surface area contributed by atoms with Gasteiger partial charge in [-0.3, -0.25) is 19.0 Å². The van der Waals surface area contributed by atoms with Crippen molar-refractivity contribution in [2.75, 3.05) is 10.8 Å². The molecule has 0 saturated heterocycles. The van der Waals surface area contributed by atoms with Crippen LogP contribution in [0.5, 0.6) is 0 Å². The number of fused-ring (bicyclic) bond motifs is 1. The molecule has 7 nitrogen and oxygen atoms in total. The van der Waals surface area contributed by atoms with Gasteiger partial charge in [0.2, 0.25) is 0 Å². The average Bonchev–Trinajstić information content (AvgIpc) is 3.26. The monoisotopic (exact) mass is 405 g/mol. The van der Waals surface area contributed by atoms with Gasteiger partial charge in [0.15, 0.2) is 0 Å². The van der Waals surface area contributed by atoms with Crippen LogP contribution in [0.1, 0.15) is 11.3 Å². The molecule has 0 spiro atoms. The second-order valence-corrected chi connectivity index (χ2v) is 8.25. The van der Waals surface area contributed by atoms with Crippen LogP contribution in [0.25, 0.3) is 11.3 Å². The lowest BCUT2D eigenvalue weighted by Gasteiger charge is -2.19. The normalized spacial score (nSPS) is 13.9. The zero-order valence-electron chi connectivity index (χ0n) is 15.0. The first-order valence-corrected chi connectivity index (χ1v) is 10.0. The third kappa shape index (κ3) is 3.13. The van der Waals surface area contributed by atoms with Crippen LogP contribution in [0.15, 0.2) is 47.9 Å². The average molecular weight is 405 g/mol. The summed E-state index contributed by atoms with van der Waals surface area (Å²) in [5, 5.41) is 3.91. The Morgan fingerprint density at radius 1 is 1.25 bits per heavy atom. The van der Waals surface area contributed by atoms with Crippen molar-refractivity contribution in [1.82, 2.24) is 19.7 Å². The largest absolute Gasteiger partial charge is 0.267 e. The molecular weight excluding hydrogens is 388 g/mol. The molecule has 0 amide bonds. The SMILES string of the molecule is Cc1nn(CC(F)F)cc1S(=O)(=O)N1CCc2c(-c3ccccn3)cncc21. The lowest BCUT2D eigenvalue weighted by molar-refractivity contribution is 0.121. The number of hydrogen-bond acceptors (Lipinski definition) is 5. The fraction of sp³-hybridized carbons (Fsp3) is 0.278. The fourth-order valence-electron chi connectivity index (χ4n) is 3.39. The van der Waals surface area contributed by atoms with Gasteiger partial charge in [-0.1, -0.05) is 6.07 Å². The topological polar surface area (TPSA) is 81.0 Å². The molecule has 0 aliphatic carbocycles. The molecule has 0 unspecified atom stereocenters. The van der Waals surface area contributed by atoms with Crippen molar-refractivity contribution < 1.29 is 17.2 Å². The van der Waals surface area contributed by atoms with Crippen LogP contribution in [-0.4, -0.2) is 41.1 Å². The van der Waals surface area contributed by atoms with Crippen molar-refractivity contribution in [1.29, 1.82) is 0 Å². The summed E-state index contributed by atoms with van der Waals surface area (Å²) in [4.78, 5) is 8.44. The van der Waals surface area contributed by atoms with E-state index in [0.717, 1.165) is 22.0 Å². The molecule has 0 fully saturated rings. The van der Waals surface area contributed by atoms with Crippen molar-refractivity contribution in [3.05, 3.63) is 54.2 Å². The minimum Gasteiger partial charge on any atom is -0.265 e. The van der Waals surface area contributed by atoms with Crippen LogP contribution in [0.3, 0.4) is 0 Å². The Morgan fingerprint density at radius 3 is 2.79 bits per heavy atom.